The lowest BCUT2D eigenvalue weighted by Crippen LogP contribution is -2.48. The standard InChI is InChI=1S/C25H42N4O/c1-20-6-5-7-24(21(20)2)29-17-12-23(13-18-29)28-15-10-22(11-16-28)8-9-25(30)26-14-19-27(3)4/h5-7,22-23H,8-19H2,1-4H3,(H,26,30). The fourth-order valence-electron chi connectivity index (χ4n) is 5.00. The molecule has 1 N–H and O–H groups in total. The van der Waals surface area contributed by atoms with E-state index in [1.165, 1.54) is 68.7 Å². The summed E-state index contributed by atoms with van der Waals surface area (Å²) < 4.78 is 0. The van der Waals surface area contributed by atoms with Gasteiger partial charge < -0.3 is 20.0 Å². The smallest absolute Gasteiger partial charge is 0.220 e. The quantitative estimate of drug-likeness (QED) is 0.707. The minimum Gasteiger partial charge on any atom is -0.371 e. The summed E-state index contributed by atoms with van der Waals surface area (Å²) in [5.74, 6) is 0.939. The van der Waals surface area contributed by atoms with Crippen molar-refractivity contribution in [1.82, 2.24) is 15.1 Å². The van der Waals surface area contributed by atoms with Gasteiger partial charge in [-0.05, 0) is 96.2 Å². The van der Waals surface area contributed by atoms with E-state index in [1.54, 1.807) is 0 Å². The van der Waals surface area contributed by atoms with Gasteiger partial charge in [0.05, 0.1) is 0 Å². The molecule has 0 unspecified atom stereocenters. The molecule has 1 aromatic carbocycles. The van der Waals surface area contributed by atoms with Crippen LogP contribution in [0.25, 0.3) is 0 Å². The highest BCUT2D eigenvalue weighted by atomic mass is 16.1. The van der Waals surface area contributed by atoms with Crippen LogP contribution in [0.15, 0.2) is 18.2 Å². The lowest BCUT2D eigenvalue weighted by atomic mass is 9.90. The highest BCUT2D eigenvalue weighted by Gasteiger charge is 2.28. The zero-order valence-corrected chi connectivity index (χ0v) is 19.6. The first-order chi connectivity index (χ1) is 14.4. The summed E-state index contributed by atoms with van der Waals surface area (Å²) in [5.41, 5.74) is 4.25. The van der Waals surface area contributed by atoms with Gasteiger partial charge in [-0.2, -0.15) is 0 Å². The van der Waals surface area contributed by atoms with E-state index < -0.39 is 0 Å². The Morgan fingerprint density at radius 2 is 1.77 bits per heavy atom. The Bertz CT molecular complexity index is 674. The van der Waals surface area contributed by atoms with Crippen LogP contribution in [-0.2, 0) is 4.79 Å². The van der Waals surface area contributed by atoms with Crippen molar-refractivity contribution in [3.8, 4) is 0 Å². The predicted molar refractivity (Wildman–Crippen MR) is 126 cm³/mol. The number of carbonyl (C=O) groups is 1. The number of anilines is 1. The topological polar surface area (TPSA) is 38.8 Å². The van der Waals surface area contributed by atoms with E-state index in [2.05, 4.69) is 52.1 Å². The molecule has 5 nitrogen and oxygen atoms in total. The molecule has 3 rings (SSSR count). The lowest BCUT2D eigenvalue weighted by Gasteiger charge is -2.42. The zero-order valence-electron chi connectivity index (χ0n) is 19.6. The zero-order chi connectivity index (χ0) is 21.5. The summed E-state index contributed by atoms with van der Waals surface area (Å²) in [6.07, 6.45) is 6.78. The van der Waals surface area contributed by atoms with Gasteiger partial charge in [0, 0.05) is 44.3 Å². The van der Waals surface area contributed by atoms with Gasteiger partial charge in [-0.1, -0.05) is 12.1 Å². The Kier molecular flexibility index (Phi) is 8.58. The minimum atomic E-state index is 0.220. The molecule has 0 aromatic heterocycles. The molecular formula is C25H42N4O. The third-order valence-corrected chi connectivity index (χ3v) is 7.21. The van der Waals surface area contributed by atoms with Gasteiger partial charge >= 0.3 is 0 Å². The van der Waals surface area contributed by atoms with Crippen LogP contribution in [0, 0.1) is 19.8 Å². The number of likely N-dealkylation sites (tertiary alicyclic amines) is 1. The molecule has 0 spiro atoms. The first-order valence-corrected chi connectivity index (χ1v) is 11.9. The van der Waals surface area contributed by atoms with Gasteiger partial charge in [0.1, 0.15) is 0 Å². The van der Waals surface area contributed by atoms with Crippen LogP contribution in [0.3, 0.4) is 0 Å². The highest BCUT2D eigenvalue weighted by molar-refractivity contribution is 5.75. The minimum absolute atomic E-state index is 0.220. The van der Waals surface area contributed by atoms with Gasteiger partial charge in [0.2, 0.25) is 5.91 Å². The maximum Gasteiger partial charge on any atom is 0.220 e. The molecular weight excluding hydrogens is 372 g/mol. The largest absolute Gasteiger partial charge is 0.371 e. The molecule has 30 heavy (non-hydrogen) atoms. The molecule has 2 saturated heterocycles. The van der Waals surface area contributed by atoms with Crippen molar-refractivity contribution < 1.29 is 4.79 Å². The van der Waals surface area contributed by atoms with Crippen molar-refractivity contribution in [1.29, 1.82) is 0 Å². The maximum absolute atomic E-state index is 12.0. The third-order valence-electron chi connectivity index (χ3n) is 7.21. The number of likely N-dealkylation sites (N-methyl/N-ethyl adjacent to an activating group) is 1. The maximum atomic E-state index is 12.0. The van der Waals surface area contributed by atoms with E-state index in [1.807, 2.05) is 14.1 Å². The number of rotatable bonds is 8. The molecule has 0 aliphatic carbocycles. The Balaban J connectivity index is 1.35. The predicted octanol–water partition coefficient (Wildman–Crippen LogP) is 3.44. The monoisotopic (exact) mass is 414 g/mol. The molecule has 5 heteroatoms. The molecule has 2 aliphatic heterocycles. The van der Waals surface area contributed by atoms with Gasteiger partial charge in [-0.25, -0.2) is 0 Å². The van der Waals surface area contributed by atoms with Gasteiger partial charge in [-0.3, -0.25) is 4.79 Å². The van der Waals surface area contributed by atoms with E-state index in [9.17, 15) is 4.79 Å². The SMILES string of the molecule is Cc1cccc(N2CCC(N3CCC(CCC(=O)NCCN(C)C)CC3)CC2)c1C. The molecule has 168 valence electrons. The number of benzene rings is 1. The van der Waals surface area contributed by atoms with Gasteiger partial charge in [0.15, 0.2) is 0 Å². The van der Waals surface area contributed by atoms with Crippen LogP contribution in [-0.4, -0.2) is 75.1 Å². The number of amides is 1. The van der Waals surface area contributed by atoms with E-state index in [0.29, 0.717) is 6.42 Å². The first-order valence-electron chi connectivity index (χ1n) is 11.9. The number of aryl methyl sites for hydroxylation is 1. The van der Waals surface area contributed by atoms with E-state index in [0.717, 1.165) is 31.5 Å². The Labute approximate surface area is 183 Å². The number of nitrogens with zero attached hydrogens (tertiary/aromatic N) is 3. The average Bonchev–Trinajstić information content (AvgIpc) is 2.74. The summed E-state index contributed by atoms with van der Waals surface area (Å²) in [4.78, 5) is 19.4. The summed E-state index contributed by atoms with van der Waals surface area (Å²) in [7, 11) is 4.07. The second-order valence-corrected chi connectivity index (χ2v) is 9.61. The molecule has 2 heterocycles. The summed E-state index contributed by atoms with van der Waals surface area (Å²) in [5, 5.41) is 3.04. The van der Waals surface area contributed by atoms with Crippen LogP contribution >= 0.6 is 0 Å². The number of nitrogens with one attached hydrogen (secondary N) is 1. The third kappa shape index (κ3) is 6.45. The molecule has 0 atom stereocenters. The summed E-state index contributed by atoms with van der Waals surface area (Å²) in [6.45, 7) is 10.9. The summed E-state index contributed by atoms with van der Waals surface area (Å²) in [6, 6.07) is 7.42. The van der Waals surface area contributed by atoms with Crippen molar-refractivity contribution in [2.75, 3.05) is 58.3 Å². The fourth-order valence-corrected chi connectivity index (χ4v) is 5.00. The second-order valence-electron chi connectivity index (χ2n) is 9.61. The number of piperidine rings is 2. The molecule has 0 saturated carbocycles. The number of carbonyl (C=O) groups excluding carboxylic acids is 1. The Morgan fingerprint density at radius 1 is 1.07 bits per heavy atom. The van der Waals surface area contributed by atoms with Gasteiger partial charge in [-0.15, -0.1) is 0 Å². The van der Waals surface area contributed by atoms with Crippen molar-refractivity contribution in [2.24, 2.45) is 5.92 Å². The van der Waals surface area contributed by atoms with Crippen molar-refractivity contribution in [3.05, 3.63) is 29.3 Å². The molecule has 1 aromatic rings. The summed E-state index contributed by atoms with van der Waals surface area (Å²) >= 11 is 0. The fraction of sp³-hybridized carbons (Fsp3) is 0.720. The van der Waals surface area contributed by atoms with Gasteiger partial charge in [0.25, 0.3) is 0 Å². The molecule has 0 bridgehead atoms. The van der Waals surface area contributed by atoms with Crippen LogP contribution in [0.4, 0.5) is 5.69 Å². The lowest BCUT2D eigenvalue weighted by molar-refractivity contribution is -0.121. The molecule has 2 fully saturated rings. The molecule has 0 radical (unpaired) electrons. The average molecular weight is 415 g/mol. The Hall–Kier alpha value is -1.59. The van der Waals surface area contributed by atoms with E-state index in [4.69, 9.17) is 0 Å². The van der Waals surface area contributed by atoms with Crippen molar-refractivity contribution >= 4 is 11.6 Å². The molecule has 2 aliphatic rings. The first kappa shape index (κ1) is 23.1. The van der Waals surface area contributed by atoms with Crippen LogP contribution < -0.4 is 10.2 Å². The van der Waals surface area contributed by atoms with Crippen LogP contribution in [0.1, 0.15) is 49.7 Å². The normalized spacial score (nSPS) is 19.4. The Morgan fingerprint density at radius 3 is 2.43 bits per heavy atom. The number of hydrogen-bond acceptors (Lipinski definition) is 4. The molecule has 1 amide bonds. The van der Waals surface area contributed by atoms with Crippen molar-refractivity contribution in [2.45, 2.75) is 58.4 Å². The van der Waals surface area contributed by atoms with Crippen LogP contribution in [0.5, 0.6) is 0 Å². The van der Waals surface area contributed by atoms with Crippen LogP contribution in [0.2, 0.25) is 0 Å². The van der Waals surface area contributed by atoms with E-state index >= 15 is 0 Å². The highest BCUT2D eigenvalue weighted by Crippen LogP contribution is 2.30. The van der Waals surface area contributed by atoms with E-state index in [-0.39, 0.29) is 5.91 Å². The second kappa shape index (κ2) is 11.1. The number of hydrogen-bond donors (Lipinski definition) is 1. The van der Waals surface area contributed by atoms with Crippen molar-refractivity contribution in [3.63, 3.8) is 0 Å².